The number of benzene rings is 1. The van der Waals surface area contributed by atoms with Gasteiger partial charge in [-0.05, 0) is 23.8 Å². The van der Waals surface area contributed by atoms with Crippen LogP contribution in [0.1, 0.15) is 5.56 Å². The number of hydrogen-bond donors (Lipinski definition) is 2. The molecule has 2 aromatic rings. The Bertz CT molecular complexity index is 587. The maximum atomic E-state index is 5.76. The van der Waals surface area contributed by atoms with E-state index < -0.39 is 0 Å². The van der Waals surface area contributed by atoms with Gasteiger partial charge in [0.25, 0.3) is 0 Å². The van der Waals surface area contributed by atoms with Crippen molar-refractivity contribution in [3.05, 3.63) is 59.4 Å². The summed E-state index contributed by atoms with van der Waals surface area (Å²) in [6, 6.07) is 13.4. The number of pyridine rings is 1. The molecule has 2 N–H and O–H groups in total. The fourth-order valence-corrected chi connectivity index (χ4v) is 1.88. The monoisotopic (exact) mass is 318 g/mol. The standard InChI is InChI=1S/C16H19ClN4O/c1-18-16(21-12-13-7-8-15(17)20-11-13)19-9-10-22-14-5-3-2-4-6-14/h2-8,11H,9-10,12H2,1H3,(H2,18,19,21). The van der Waals surface area contributed by atoms with Gasteiger partial charge in [0, 0.05) is 19.8 Å². The van der Waals surface area contributed by atoms with E-state index in [0.717, 1.165) is 11.3 Å². The first kappa shape index (κ1) is 16.1. The van der Waals surface area contributed by atoms with Gasteiger partial charge in [-0.1, -0.05) is 35.9 Å². The molecule has 116 valence electrons. The zero-order valence-electron chi connectivity index (χ0n) is 12.4. The molecule has 0 bridgehead atoms. The molecular weight excluding hydrogens is 300 g/mol. The summed E-state index contributed by atoms with van der Waals surface area (Å²) in [4.78, 5) is 8.19. The van der Waals surface area contributed by atoms with Crippen LogP contribution < -0.4 is 15.4 Å². The van der Waals surface area contributed by atoms with Crippen molar-refractivity contribution in [1.29, 1.82) is 0 Å². The molecule has 0 amide bonds. The normalized spacial score (nSPS) is 11.1. The largest absolute Gasteiger partial charge is 0.492 e. The van der Waals surface area contributed by atoms with Gasteiger partial charge in [-0.15, -0.1) is 0 Å². The summed E-state index contributed by atoms with van der Waals surface area (Å²) in [6.45, 7) is 1.85. The Kier molecular flexibility index (Phi) is 6.51. The smallest absolute Gasteiger partial charge is 0.191 e. The van der Waals surface area contributed by atoms with Crippen molar-refractivity contribution >= 4 is 17.6 Å². The number of ether oxygens (including phenoxy) is 1. The van der Waals surface area contributed by atoms with Gasteiger partial charge in [0.2, 0.25) is 0 Å². The second kappa shape index (κ2) is 8.89. The molecule has 1 heterocycles. The SMILES string of the molecule is CN=C(NCCOc1ccccc1)NCc1ccc(Cl)nc1. The lowest BCUT2D eigenvalue weighted by Crippen LogP contribution is -2.38. The fraction of sp³-hybridized carbons (Fsp3) is 0.250. The summed E-state index contributed by atoms with van der Waals surface area (Å²) in [5.41, 5.74) is 1.04. The molecule has 0 aliphatic heterocycles. The van der Waals surface area contributed by atoms with Crippen molar-refractivity contribution < 1.29 is 4.74 Å². The Balaban J connectivity index is 1.68. The van der Waals surface area contributed by atoms with E-state index in [0.29, 0.717) is 30.8 Å². The van der Waals surface area contributed by atoms with Crippen LogP contribution in [0.3, 0.4) is 0 Å². The van der Waals surface area contributed by atoms with Crippen molar-refractivity contribution in [2.75, 3.05) is 20.2 Å². The quantitative estimate of drug-likeness (QED) is 0.372. The van der Waals surface area contributed by atoms with Crippen LogP contribution in [-0.2, 0) is 6.54 Å². The molecule has 1 aromatic carbocycles. The molecule has 0 aliphatic carbocycles. The van der Waals surface area contributed by atoms with Crippen LogP contribution in [0.15, 0.2) is 53.7 Å². The number of guanidine groups is 1. The molecule has 0 saturated carbocycles. The summed E-state index contributed by atoms with van der Waals surface area (Å²) in [5, 5.41) is 6.88. The van der Waals surface area contributed by atoms with Crippen LogP contribution >= 0.6 is 11.6 Å². The van der Waals surface area contributed by atoms with E-state index in [9.17, 15) is 0 Å². The predicted molar refractivity (Wildman–Crippen MR) is 89.4 cm³/mol. The first-order chi connectivity index (χ1) is 10.8. The Morgan fingerprint density at radius 2 is 2.00 bits per heavy atom. The highest BCUT2D eigenvalue weighted by Crippen LogP contribution is 2.07. The van der Waals surface area contributed by atoms with Crippen LogP contribution in [0.4, 0.5) is 0 Å². The summed E-state index contributed by atoms with van der Waals surface area (Å²) in [6.07, 6.45) is 1.74. The van der Waals surface area contributed by atoms with Crippen molar-refractivity contribution in [3.8, 4) is 5.75 Å². The molecule has 6 heteroatoms. The van der Waals surface area contributed by atoms with Gasteiger partial charge in [-0.3, -0.25) is 4.99 Å². The van der Waals surface area contributed by atoms with Crippen molar-refractivity contribution in [2.45, 2.75) is 6.54 Å². The minimum absolute atomic E-state index is 0.490. The molecule has 0 atom stereocenters. The van der Waals surface area contributed by atoms with Gasteiger partial charge in [0.1, 0.15) is 17.5 Å². The third-order valence-corrected chi connectivity index (χ3v) is 3.10. The maximum Gasteiger partial charge on any atom is 0.191 e. The van der Waals surface area contributed by atoms with Gasteiger partial charge in [-0.25, -0.2) is 4.98 Å². The lowest BCUT2D eigenvalue weighted by Gasteiger charge is -2.12. The molecule has 0 spiro atoms. The number of hydrogen-bond acceptors (Lipinski definition) is 3. The fourth-order valence-electron chi connectivity index (χ4n) is 1.77. The zero-order chi connectivity index (χ0) is 15.6. The molecule has 0 radical (unpaired) electrons. The van der Waals surface area contributed by atoms with E-state index in [1.807, 2.05) is 36.4 Å². The van der Waals surface area contributed by atoms with Crippen LogP contribution in [0.25, 0.3) is 0 Å². The van der Waals surface area contributed by atoms with Crippen LogP contribution in [0.2, 0.25) is 5.15 Å². The van der Waals surface area contributed by atoms with Gasteiger partial charge >= 0.3 is 0 Å². The highest BCUT2D eigenvalue weighted by molar-refractivity contribution is 6.29. The van der Waals surface area contributed by atoms with Gasteiger partial charge in [0.05, 0.1) is 6.54 Å². The molecule has 0 unspecified atom stereocenters. The van der Waals surface area contributed by atoms with Crippen molar-refractivity contribution in [1.82, 2.24) is 15.6 Å². The van der Waals surface area contributed by atoms with Gasteiger partial charge in [-0.2, -0.15) is 0 Å². The van der Waals surface area contributed by atoms with E-state index in [-0.39, 0.29) is 0 Å². The van der Waals surface area contributed by atoms with Gasteiger partial charge in [0.15, 0.2) is 5.96 Å². The molecule has 0 saturated heterocycles. The molecular formula is C16H19ClN4O. The summed E-state index contributed by atoms with van der Waals surface area (Å²) < 4.78 is 5.61. The minimum Gasteiger partial charge on any atom is -0.492 e. The summed E-state index contributed by atoms with van der Waals surface area (Å²) in [5.74, 6) is 1.58. The van der Waals surface area contributed by atoms with Crippen LogP contribution in [0.5, 0.6) is 5.75 Å². The van der Waals surface area contributed by atoms with Crippen molar-refractivity contribution in [2.24, 2.45) is 4.99 Å². The highest BCUT2D eigenvalue weighted by atomic mass is 35.5. The number of aliphatic imine (C=N–C) groups is 1. The van der Waals surface area contributed by atoms with E-state index in [2.05, 4.69) is 20.6 Å². The Morgan fingerprint density at radius 3 is 2.68 bits per heavy atom. The molecule has 2 rings (SSSR count). The topological polar surface area (TPSA) is 58.5 Å². The molecule has 0 fully saturated rings. The highest BCUT2D eigenvalue weighted by Gasteiger charge is 1.99. The number of aromatic nitrogens is 1. The van der Waals surface area contributed by atoms with E-state index in [4.69, 9.17) is 16.3 Å². The second-order valence-corrected chi connectivity index (χ2v) is 4.89. The first-order valence-corrected chi connectivity index (χ1v) is 7.38. The summed E-state index contributed by atoms with van der Waals surface area (Å²) in [7, 11) is 1.73. The van der Waals surface area contributed by atoms with E-state index in [1.54, 1.807) is 19.3 Å². The molecule has 5 nitrogen and oxygen atoms in total. The number of para-hydroxylation sites is 1. The average Bonchev–Trinajstić information content (AvgIpc) is 2.57. The number of nitrogens with one attached hydrogen (secondary N) is 2. The number of nitrogens with zero attached hydrogens (tertiary/aromatic N) is 2. The first-order valence-electron chi connectivity index (χ1n) is 7.01. The third-order valence-electron chi connectivity index (χ3n) is 2.88. The van der Waals surface area contributed by atoms with Crippen LogP contribution in [-0.4, -0.2) is 31.1 Å². The third kappa shape index (κ3) is 5.61. The molecule has 1 aromatic heterocycles. The second-order valence-electron chi connectivity index (χ2n) is 4.50. The lowest BCUT2D eigenvalue weighted by atomic mass is 10.3. The average molecular weight is 319 g/mol. The Hall–Kier alpha value is -2.27. The maximum absolute atomic E-state index is 5.76. The zero-order valence-corrected chi connectivity index (χ0v) is 13.2. The Labute approximate surface area is 135 Å². The van der Waals surface area contributed by atoms with E-state index in [1.165, 1.54) is 0 Å². The lowest BCUT2D eigenvalue weighted by molar-refractivity contribution is 0.322. The number of halogens is 1. The summed E-state index contributed by atoms with van der Waals surface area (Å²) >= 11 is 5.76. The minimum atomic E-state index is 0.490. The molecule has 0 aliphatic rings. The number of rotatable bonds is 6. The van der Waals surface area contributed by atoms with Crippen LogP contribution in [0, 0.1) is 0 Å². The van der Waals surface area contributed by atoms with Gasteiger partial charge < -0.3 is 15.4 Å². The van der Waals surface area contributed by atoms with Crippen molar-refractivity contribution in [3.63, 3.8) is 0 Å². The van der Waals surface area contributed by atoms with E-state index >= 15 is 0 Å². The Morgan fingerprint density at radius 1 is 1.18 bits per heavy atom. The predicted octanol–water partition coefficient (Wildman–Crippen LogP) is 2.48. The molecule has 22 heavy (non-hydrogen) atoms.